The van der Waals surface area contributed by atoms with E-state index in [9.17, 15) is 14.4 Å². The van der Waals surface area contributed by atoms with Crippen LogP contribution in [-0.2, 0) is 28.4 Å². The molecule has 4 saturated carbocycles. The fraction of sp³-hybridized carbons (Fsp3) is 0.618. The Kier molecular flexibility index (Phi) is 12.2. The molecule has 0 aromatic carbocycles. The molecule has 0 unspecified atom stereocenters. The Morgan fingerprint density at radius 1 is 0.515 bits per heavy atom. The second kappa shape index (κ2) is 17.9. The number of fused-ring (bicyclic) bond motifs is 10. The van der Waals surface area contributed by atoms with Gasteiger partial charge in [-0.1, -0.05) is 75.3 Å². The zero-order valence-electron chi connectivity index (χ0n) is 39.3. The van der Waals surface area contributed by atoms with E-state index in [1.165, 1.54) is 59.1 Å². The Hall–Kier alpha value is -4.93. The molecular formula is C55H68N2O9. The van der Waals surface area contributed by atoms with E-state index in [2.05, 4.69) is 74.1 Å². The van der Waals surface area contributed by atoms with Gasteiger partial charge in [-0.3, -0.25) is 9.97 Å². The summed E-state index contributed by atoms with van der Waals surface area (Å²) in [7, 11) is 0. The van der Waals surface area contributed by atoms with Crippen molar-refractivity contribution in [3.8, 4) is 0 Å². The maximum absolute atomic E-state index is 12.7. The van der Waals surface area contributed by atoms with Crippen LogP contribution in [0.4, 0.5) is 14.4 Å². The first-order chi connectivity index (χ1) is 31.9. The highest BCUT2D eigenvalue weighted by atomic mass is 16.8. The molecule has 10 rings (SSSR count). The topological polar surface area (TPSA) is 132 Å². The molecule has 0 spiro atoms. The summed E-state index contributed by atoms with van der Waals surface area (Å²) >= 11 is 0. The molecule has 8 aliphatic carbocycles. The Labute approximate surface area is 390 Å². The minimum absolute atomic E-state index is 0.110. The first-order valence-electron chi connectivity index (χ1n) is 25.0. The molecule has 11 heteroatoms. The Morgan fingerprint density at radius 3 is 1.33 bits per heavy atom. The van der Waals surface area contributed by atoms with Crippen molar-refractivity contribution in [1.82, 2.24) is 9.97 Å². The van der Waals surface area contributed by atoms with Crippen LogP contribution in [0.2, 0.25) is 0 Å². The van der Waals surface area contributed by atoms with Gasteiger partial charge in [0.05, 0.1) is 0 Å². The lowest BCUT2D eigenvalue weighted by Gasteiger charge is -2.57. The number of pyridine rings is 2. The van der Waals surface area contributed by atoms with Crippen LogP contribution in [0.1, 0.15) is 129 Å². The van der Waals surface area contributed by atoms with E-state index < -0.39 is 18.5 Å². The fourth-order valence-corrected chi connectivity index (χ4v) is 15.4. The number of carbonyl (C=O) groups is 3. The zero-order chi connectivity index (χ0) is 45.7. The molecule has 0 bridgehead atoms. The van der Waals surface area contributed by atoms with Gasteiger partial charge in [0.1, 0.15) is 38.6 Å². The van der Waals surface area contributed by atoms with Crippen molar-refractivity contribution in [2.24, 2.45) is 57.2 Å². The van der Waals surface area contributed by atoms with E-state index in [0.29, 0.717) is 35.5 Å². The molecular weight excluding hydrogens is 833 g/mol. The van der Waals surface area contributed by atoms with Gasteiger partial charge < -0.3 is 28.4 Å². The number of hydrogen-bond donors (Lipinski definition) is 0. The predicted octanol–water partition coefficient (Wildman–Crippen LogP) is 12.3. The van der Waals surface area contributed by atoms with Crippen LogP contribution in [0, 0.1) is 57.2 Å². The normalized spacial score (nSPS) is 37.3. The summed E-state index contributed by atoms with van der Waals surface area (Å²) in [6.07, 6.45) is 28.8. The maximum Gasteiger partial charge on any atom is 0.508 e. The van der Waals surface area contributed by atoms with Crippen LogP contribution in [-0.4, -0.2) is 67.1 Å². The maximum atomic E-state index is 12.7. The van der Waals surface area contributed by atoms with Crippen LogP contribution < -0.4 is 0 Å². The quantitative estimate of drug-likeness (QED) is 0.0976. The van der Waals surface area contributed by atoms with Crippen molar-refractivity contribution >= 4 is 29.6 Å². The molecule has 0 amide bonds. The summed E-state index contributed by atoms with van der Waals surface area (Å²) in [6, 6.07) is 8.49. The highest BCUT2D eigenvalue weighted by Crippen LogP contribution is 2.68. The minimum Gasteiger partial charge on any atom is -0.431 e. The summed E-state index contributed by atoms with van der Waals surface area (Å²) in [5.74, 6) is 3.78. The average molecular weight is 901 g/mol. The summed E-state index contributed by atoms with van der Waals surface area (Å²) in [6.45, 7) is 9.14. The van der Waals surface area contributed by atoms with Crippen LogP contribution in [0.25, 0.3) is 11.1 Å². The largest absolute Gasteiger partial charge is 0.508 e. The molecule has 2 heterocycles. The lowest BCUT2D eigenvalue weighted by atomic mass is 9.47. The molecule has 2 aromatic heterocycles. The van der Waals surface area contributed by atoms with Gasteiger partial charge in [-0.2, -0.15) is 0 Å². The van der Waals surface area contributed by atoms with Crippen LogP contribution >= 0.6 is 0 Å². The van der Waals surface area contributed by atoms with Gasteiger partial charge >= 0.3 is 18.5 Å². The van der Waals surface area contributed by atoms with Gasteiger partial charge in [-0.25, -0.2) is 14.4 Å². The molecule has 8 aliphatic rings. The molecule has 0 N–H and O–H groups in total. The summed E-state index contributed by atoms with van der Waals surface area (Å²) in [4.78, 5) is 46.4. The lowest BCUT2D eigenvalue weighted by molar-refractivity contribution is -0.0408. The van der Waals surface area contributed by atoms with Gasteiger partial charge in [-0.15, -0.1) is 0 Å². The molecule has 11 nitrogen and oxygen atoms in total. The minimum atomic E-state index is -0.943. The van der Waals surface area contributed by atoms with E-state index in [1.807, 2.05) is 36.9 Å². The summed E-state index contributed by atoms with van der Waals surface area (Å²) in [5.41, 5.74) is 8.89. The molecule has 2 aromatic rings. The molecule has 0 aliphatic heterocycles. The van der Waals surface area contributed by atoms with Crippen LogP contribution in [0.3, 0.4) is 0 Å². The Balaban J connectivity index is 0.604. The van der Waals surface area contributed by atoms with E-state index in [-0.39, 0.29) is 60.3 Å². The van der Waals surface area contributed by atoms with E-state index in [1.54, 1.807) is 0 Å². The third-order valence-electron chi connectivity index (χ3n) is 18.8. The van der Waals surface area contributed by atoms with Gasteiger partial charge in [0.25, 0.3) is 0 Å². The van der Waals surface area contributed by atoms with E-state index >= 15 is 0 Å². The number of carbonyl (C=O) groups excluding carboxylic acids is 3. The van der Waals surface area contributed by atoms with E-state index in [4.69, 9.17) is 28.4 Å². The lowest BCUT2D eigenvalue weighted by Crippen LogP contribution is -2.50. The van der Waals surface area contributed by atoms with Crippen molar-refractivity contribution in [2.45, 2.75) is 130 Å². The second-order valence-corrected chi connectivity index (χ2v) is 21.7. The van der Waals surface area contributed by atoms with Crippen molar-refractivity contribution in [2.75, 3.05) is 26.4 Å². The zero-order valence-corrected chi connectivity index (χ0v) is 39.3. The number of aromatic nitrogens is 2. The van der Waals surface area contributed by atoms with Crippen LogP contribution in [0.5, 0.6) is 0 Å². The van der Waals surface area contributed by atoms with Crippen molar-refractivity contribution in [3.05, 3.63) is 95.6 Å². The second-order valence-electron chi connectivity index (χ2n) is 21.7. The number of nitrogens with zero attached hydrogens (tertiary/aromatic N) is 2. The first-order valence-corrected chi connectivity index (χ1v) is 25.0. The third-order valence-corrected chi connectivity index (χ3v) is 18.8. The predicted molar refractivity (Wildman–Crippen MR) is 248 cm³/mol. The molecule has 66 heavy (non-hydrogen) atoms. The molecule has 352 valence electrons. The smallest absolute Gasteiger partial charge is 0.431 e. The highest BCUT2D eigenvalue weighted by Gasteiger charge is 2.59. The monoisotopic (exact) mass is 900 g/mol. The number of rotatable bonds is 10. The molecule has 12 atom stereocenters. The number of ether oxygens (including phenoxy) is 6. The molecule has 4 fully saturated rings. The first kappa shape index (κ1) is 44.9. The standard InChI is InChI=1S/C55H68N2O9/c1-52-21-17-39(31-37(52)9-11-41-45-15-13-43(35-7-5-25-56-33-35)54(45,3)23-19-47(41)52)65-50(59)63-29-27-61-49(58)62-28-30-64-51(60)66-40-18-22-53(2)38(32-40)10-12-42-46-16-14-44(36-8-6-26-57-34-36)55(46,4)24-20-48(42)53/h5-10,13-14,25-26,33-34,39-42,45-48H,11-12,15-24,27-32H2,1-4H3/t39-,40-,41-,42-,45-,46-,47-,48-,52-,53-,54+,55+/m0/s1. The van der Waals surface area contributed by atoms with Gasteiger partial charge in [0, 0.05) is 37.6 Å². The highest BCUT2D eigenvalue weighted by molar-refractivity contribution is 5.73. The van der Waals surface area contributed by atoms with Gasteiger partial charge in [0.15, 0.2) is 0 Å². The van der Waals surface area contributed by atoms with E-state index in [0.717, 1.165) is 64.2 Å². The number of allylic oxidation sites excluding steroid dienone is 6. The SMILES string of the molecule is C[C@]12CC[C@H](OC(=O)OCCOC(=O)OCCOC(=O)O[C@H]3CC[C@@]4(C)C(=CC[C@@H]5[C@@H]4CC[C@]4(C)C(c6cccnc6)=CC[C@@H]54)C3)CC1=CC[C@@H]1[C@@H]2CC[C@]2(C)C(c3cccnc3)=CC[C@@H]12. The molecule has 0 radical (unpaired) electrons. The number of hydrogen-bond acceptors (Lipinski definition) is 11. The Bertz CT molecular complexity index is 2130. The summed E-state index contributed by atoms with van der Waals surface area (Å²) in [5, 5.41) is 0. The van der Waals surface area contributed by atoms with Crippen molar-refractivity contribution < 1.29 is 42.8 Å². The third kappa shape index (κ3) is 8.07. The van der Waals surface area contributed by atoms with Crippen molar-refractivity contribution in [3.63, 3.8) is 0 Å². The fourth-order valence-electron chi connectivity index (χ4n) is 15.4. The van der Waals surface area contributed by atoms with Crippen molar-refractivity contribution in [1.29, 1.82) is 0 Å². The van der Waals surface area contributed by atoms with Crippen LogP contribution in [0.15, 0.2) is 84.5 Å². The summed E-state index contributed by atoms with van der Waals surface area (Å²) < 4.78 is 32.2. The average Bonchev–Trinajstić information content (AvgIpc) is 3.87. The van der Waals surface area contributed by atoms with Gasteiger partial charge in [-0.05, 0) is 169 Å². The Morgan fingerprint density at radius 2 is 0.924 bits per heavy atom. The molecule has 0 saturated heterocycles. The van der Waals surface area contributed by atoms with Gasteiger partial charge in [0.2, 0.25) is 0 Å².